The zero-order valence-electron chi connectivity index (χ0n) is 17.5. The minimum absolute atomic E-state index is 0.0578. The summed E-state index contributed by atoms with van der Waals surface area (Å²) in [4.78, 5) is 40.0. The molecule has 0 saturated carbocycles. The number of halogens is 1. The molecule has 0 aromatic heterocycles. The van der Waals surface area contributed by atoms with Crippen LogP contribution in [0.5, 0.6) is 0 Å². The number of amides is 4. The maximum absolute atomic E-state index is 12.6. The van der Waals surface area contributed by atoms with Crippen LogP contribution in [0.15, 0.2) is 48.5 Å². The van der Waals surface area contributed by atoms with Gasteiger partial charge in [-0.3, -0.25) is 14.8 Å². The van der Waals surface area contributed by atoms with Crippen LogP contribution in [0, 0.1) is 0 Å². The third-order valence-corrected chi connectivity index (χ3v) is 6.37. The number of likely N-dealkylation sites (tertiary alicyclic amines) is 2. The monoisotopic (exact) mass is 456 g/mol. The number of nitrogens with one attached hydrogen (secondary N) is 2. The first-order valence-electron chi connectivity index (χ1n) is 10.6. The van der Waals surface area contributed by atoms with Gasteiger partial charge in [-0.1, -0.05) is 35.9 Å². The molecule has 4 amide bonds. The number of benzene rings is 2. The zero-order chi connectivity index (χ0) is 22.7. The van der Waals surface area contributed by atoms with E-state index < -0.39 is 5.91 Å². The minimum Gasteiger partial charge on any atom is -0.334 e. The van der Waals surface area contributed by atoms with Crippen molar-refractivity contribution < 1.29 is 19.6 Å². The van der Waals surface area contributed by atoms with Gasteiger partial charge >= 0.3 is 6.03 Å². The van der Waals surface area contributed by atoms with Crippen LogP contribution in [0.2, 0.25) is 5.02 Å². The Morgan fingerprint density at radius 2 is 1.81 bits per heavy atom. The van der Waals surface area contributed by atoms with E-state index in [-0.39, 0.29) is 24.0 Å². The number of nitrogens with zero attached hydrogens (tertiary/aromatic N) is 2. The van der Waals surface area contributed by atoms with Crippen molar-refractivity contribution >= 4 is 29.4 Å². The summed E-state index contributed by atoms with van der Waals surface area (Å²) in [5.41, 5.74) is 3.82. The van der Waals surface area contributed by atoms with E-state index in [0.29, 0.717) is 36.6 Å². The van der Waals surface area contributed by atoms with E-state index >= 15 is 0 Å². The molecular weight excluding hydrogens is 432 g/mol. The molecule has 32 heavy (non-hydrogen) atoms. The van der Waals surface area contributed by atoms with Crippen LogP contribution < -0.4 is 10.8 Å². The molecule has 2 heterocycles. The molecule has 0 aliphatic carbocycles. The van der Waals surface area contributed by atoms with E-state index in [2.05, 4.69) is 5.32 Å². The lowest BCUT2D eigenvalue weighted by atomic mass is 9.89. The van der Waals surface area contributed by atoms with E-state index in [1.807, 2.05) is 29.2 Å². The van der Waals surface area contributed by atoms with Gasteiger partial charge in [0, 0.05) is 36.3 Å². The predicted molar refractivity (Wildman–Crippen MR) is 118 cm³/mol. The molecule has 2 aliphatic rings. The first kappa shape index (κ1) is 22.1. The smallest absolute Gasteiger partial charge is 0.317 e. The minimum atomic E-state index is -0.582. The molecule has 2 saturated heterocycles. The molecule has 2 aromatic rings. The first-order valence-corrected chi connectivity index (χ1v) is 11.0. The average Bonchev–Trinajstić information content (AvgIpc) is 2.81. The fourth-order valence-corrected chi connectivity index (χ4v) is 4.55. The number of β-lactam (4-membered cyclic amide) rings is 1. The van der Waals surface area contributed by atoms with Gasteiger partial charge in [0.05, 0.1) is 12.5 Å². The molecule has 0 spiro atoms. The molecule has 4 rings (SSSR count). The Hall–Kier alpha value is -3.10. The Labute approximate surface area is 191 Å². The lowest BCUT2D eigenvalue weighted by Crippen LogP contribution is -2.56. The number of carbonyl (C=O) groups excluding carboxylic acids is 3. The summed E-state index contributed by atoms with van der Waals surface area (Å²) in [6.07, 6.45) is 1.97. The van der Waals surface area contributed by atoms with Gasteiger partial charge in [0.15, 0.2) is 0 Å². The number of rotatable bonds is 5. The van der Waals surface area contributed by atoms with Gasteiger partial charge < -0.3 is 15.1 Å². The third kappa shape index (κ3) is 4.71. The molecular formula is C23H25ClN4O4. The number of hydroxylamine groups is 1. The summed E-state index contributed by atoms with van der Waals surface area (Å²) in [6, 6.07) is 14.3. The maximum Gasteiger partial charge on any atom is 0.317 e. The van der Waals surface area contributed by atoms with Crippen molar-refractivity contribution in [1.82, 2.24) is 20.6 Å². The maximum atomic E-state index is 12.6. The predicted octanol–water partition coefficient (Wildman–Crippen LogP) is 3.11. The number of carbonyl (C=O) groups is 3. The highest BCUT2D eigenvalue weighted by atomic mass is 35.5. The van der Waals surface area contributed by atoms with Crippen LogP contribution in [0.3, 0.4) is 0 Å². The van der Waals surface area contributed by atoms with Gasteiger partial charge in [-0.15, -0.1) is 0 Å². The van der Waals surface area contributed by atoms with Gasteiger partial charge in [-0.2, -0.15) is 0 Å². The Balaban J connectivity index is 1.27. The highest BCUT2D eigenvalue weighted by molar-refractivity contribution is 6.30. The summed E-state index contributed by atoms with van der Waals surface area (Å²) in [6.45, 7) is 1.50. The highest BCUT2D eigenvalue weighted by Gasteiger charge is 2.42. The number of hydrogen-bond donors (Lipinski definition) is 3. The second-order valence-electron chi connectivity index (χ2n) is 8.09. The summed E-state index contributed by atoms with van der Waals surface area (Å²) in [5, 5.41) is 12.2. The summed E-state index contributed by atoms with van der Waals surface area (Å²) < 4.78 is 0. The number of urea groups is 1. The Morgan fingerprint density at radius 3 is 2.44 bits per heavy atom. The lowest BCUT2D eigenvalue weighted by molar-refractivity contribution is -0.151. The second kappa shape index (κ2) is 9.58. The van der Waals surface area contributed by atoms with Gasteiger partial charge in [-0.25, -0.2) is 10.3 Å². The summed E-state index contributed by atoms with van der Waals surface area (Å²) in [7, 11) is 0. The van der Waals surface area contributed by atoms with E-state index in [4.69, 9.17) is 16.8 Å². The quantitative estimate of drug-likeness (QED) is 0.365. The van der Waals surface area contributed by atoms with Gasteiger partial charge in [0.2, 0.25) is 5.91 Å². The van der Waals surface area contributed by atoms with Crippen molar-refractivity contribution in [2.75, 3.05) is 13.1 Å². The third-order valence-electron chi connectivity index (χ3n) is 6.13. The fourth-order valence-electron chi connectivity index (χ4n) is 4.36. The Morgan fingerprint density at radius 1 is 1.09 bits per heavy atom. The van der Waals surface area contributed by atoms with E-state index in [1.165, 1.54) is 0 Å². The van der Waals surface area contributed by atoms with Crippen molar-refractivity contribution in [3.05, 3.63) is 70.2 Å². The molecule has 168 valence electrons. The molecule has 1 unspecified atom stereocenters. The number of hydrogen-bond acceptors (Lipinski definition) is 4. The van der Waals surface area contributed by atoms with Gasteiger partial charge in [0.1, 0.15) is 0 Å². The van der Waals surface area contributed by atoms with Crippen LogP contribution in [-0.4, -0.2) is 52.0 Å². The first-order chi connectivity index (χ1) is 15.5. The van der Waals surface area contributed by atoms with Crippen molar-refractivity contribution in [3.8, 4) is 0 Å². The van der Waals surface area contributed by atoms with Crippen molar-refractivity contribution in [2.24, 2.45) is 0 Å². The topological polar surface area (TPSA) is 102 Å². The van der Waals surface area contributed by atoms with Crippen LogP contribution in [0.1, 0.15) is 46.8 Å². The standard InChI is InChI=1S/C23H25ClN4O4/c24-18-3-1-2-17(12-18)20-13-21(29)28(20)19-8-10-27(11-9-19)23(31)25-14-15-4-6-16(7-5-15)22(30)26-32/h1-7,12,19-20,32H,8-11,13-14H2,(H,25,31)(H,26,30). The van der Waals surface area contributed by atoms with Crippen LogP contribution in [0.25, 0.3) is 0 Å². The van der Waals surface area contributed by atoms with Crippen molar-refractivity contribution in [2.45, 2.75) is 37.9 Å². The van der Waals surface area contributed by atoms with E-state index in [1.54, 1.807) is 34.6 Å². The van der Waals surface area contributed by atoms with Crippen LogP contribution in [-0.2, 0) is 11.3 Å². The zero-order valence-corrected chi connectivity index (χ0v) is 18.2. The van der Waals surface area contributed by atoms with E-state index in [0.717, 1.165) is 24.0 Å². The summed E-state index contributed by atoms with van der Waals surface area (Å²) >= 11 is 6.11. The fraction of sp³-hybridized carbons (Fsp3) is 0.348. The lowest BCUT2D eigenvalue weighted by Gasteiger charge is -2.48. The molecule has 2 fully saturated rings. The second-order valence-corrected chi connectivity index (χ2v) is 8.53. The molecule has 0 radical (unpaired) electrons. The SMILES string of the molecule is O=C(NO)c1ccc(CNC(=O)N2CCC(N3C(=O)CC3c3cccc(Cl)c3)CC2)cc1. The van der Waals surface area contributed by atoms with Crippen LogP contribution in [0.4, 0.5) is 4.79 Å². The number of piperidine rings is 1. The molecule has 0 bridgehead atoms. The normalized spacial score (nSPS) is 18.8. The largest absolute Gasteiger partial charge is 0.334 e. The van der Waals surface area contributed by atoms with Gasteiger partial charge in [-0.05, 0) is 48.2 Å². The Kier molecular flexibility index (Phi) is 6.62. The van der Waals surface area contributed by atoms with E-state index in [9.17, 15) is 14.4 Å². The van der Waals surface area contributed by atoms with Crippen LogP contribution >= 0.6 is 11.6 Å². The molecule has 2 aliphatic heterocycles. The highest BCUT2D eigenvalue weighted by Crippen LogP contribution is 2.39. The molecule has 9 heteroatoms. The Bertz CT molecular complexity index is 1010. The average molecular weight is 457 g/mol. The summed E-state index contributed by atoms with van der Waals surface area (Å²) in [5.74, 6) is -0.432. The van der Waals surface area contributed by atoms with Crippen molar-refractivity contribution in [1.29, 1.82) is 0 Å². The molecule has 8 nitrogen and oxygen atoms in total. The molecule has 3 N–H and O–H groups in total. The van der Waals surface area contributed by atoms with Crippen molar-refractivity contribution in [3.63, 3.8) is 0 Å². The molecule has 1 atom stereocenters. The molecule has 2 aromatic carbocycles. The van der Waals surface area contributed by atoms with Gasteiger partial charge in [0.25, 0.3) is 5.91 Å².